The topological polar surface area (TPSA) is 32.8 Å². The second-order valence-electron chi connectivity index (χ2n) is 6.74. The SMILES string of the molecule is O=C(c1ccc2c(c1)CCCO2)N1CCCN(c2ccccc2)CC1. The highest BCUT2D eigenvalue weighted by atomic mass is 16.5. The average Bonchev–Trinajstić information content (AvgIpc) is 2.94. The van der Waals surface area contributed by atoms with Crippen LogP contribution in [0.1, 0.15) is 28.8 Å². The molecule has 0 saturated carbocycles. The van der Waals surface area contributed by atoms with E-state index in [0.29, 0.717) is 0 Å². The number of anilines is 1. The highest BCUT2D eigenvalue weighted by molar-refractivity contribution is 5.94. The van der Waals surface area contributed by atoms with Gasteiger partial charge in [-0.15, -0.1) is 0 Å². The highest BCUT2D eigenvalue weighted by Crippen LogP contribution is 2.26. The number of benzene rings is 2. The molecule has 0 aromatic heterocycles. The summed E-state index contributed by atoms with van der Waals surface area (Å²) >= 11 is 0. The van der Waals surface area contributed by atoms with Gasteiger partial charge < -0.3 is 14.5 Å². The number of rotatable bonds is 2. The molecule has 130 valence electrons. The van der Waals surface area contributed by atoms with E-state index < -0.39 is 0 Å². The molecule has 1 amide bonds. The molecule has 0 bridgehead atoms. The lowest BCUT2D eigenvalue weighted by atomic mass is 10.0. The minimum Gasteiger partial charge on any atom is -0.493 e. The van der Waals surface area contributed by atoms with Crippen LogP contribution in [0.5, 0.6) is 5.75 Å². The molecular weight excluding hydrogens is 312 g/mol. The van der Waals surface area contributed by atoms with Crippen molar-refractivity contribution < 1.29 is 9.53 Å². The van der Waals surface area contributed by atoms with Gasteiger partial charge in [0.25, 0.3) is 5.91 Å². The summed E-state index contributed by atoms with van der Waals surface area (Å²) in [4.78, 5) is 17.3. The van der Waals surface area contributed by atoms with E-state index in [4.69, 9.17) is 4.74 Å². The zero-order chi connectivity index (χ0) is 17.1. The second-order valence-corrected chi connectivity index (χ2v) is 6.74. The number of carbonyl (C=O) groups is 1. The molecule has 0 unspecified atom stereocenters. The van der Waals surface area contributed by atoms with Gasteiger partial charge in [0, 0.05) is 37.4 Å². The maximum Gasteiger partial charge on any atom is 0.253 e. The summed E-state index contributed by atoms with van der Waals surface area (Å²) in [5.41, 5.74) is 3.19. The van der Waals surface area contributed by atoms with E-state index in [-0.39, 0.29) is 5.91 Å². The third-order valence-electron chi connectivity index (χ3n) is 5.06. The quantitative estimate of drug-likeness (QED) is 0.843. The number of aryl methyl sites for hydroxylation is 1. The van der Waals surface area contributed by atoms with Crippen LogP contribution >= 0.6 is 0 Å². The molecule has 0 N–H and O–H groups in total. The molecule has 2 aromatic carbocycles. The molecule has 1 saturated heterocycles. The zero-order valence-electron chi connectivity index (χ0n) is 14.5. The van der Waals surface area contributed by atoms with Gasteiger partial charge in [0.1, 0.15) is 5.75 Å². The van der Waals surface area contributed by atoms with Gasteiger partial charge in [-0.1, -0.05) is 18.2 Å². The summed E-state index contributed by atoms with van der Waals surface area (Å²) < 4.78 is 5.66. The molecule has 0 aliphatic carbocycles. The second kappa shape index (κ2) is 7.18. The molecule has 25 heavy (non-hydrogen) atoms. The maximum atomic E-state index is 12.9. The van der Waals surface area contributed by atoms with Crippen LogP contribution in [0.3, 0.4) is 0 Å². The van der Waals surface area contributed by atoms with Gasteiger partial charge in [-0.2, -0.15) is 0 Å². The molecule has 2 heterocycles. The van der Waals surface area contributed by atoms with Crippen molar-refractivity contribution in [1.29, 1.82) is 0 Å². The van der Waals surface area contributed by atoms with Crippen molar-refractivity contribution in [2.45, 2.75) is 19.3 Å². The third kappa shape index (κ3) is 3.48. The lowest BCUT2D eigenvalue weighted by Gasteiger charge is -2.24. The Morgan fingerprint density at radius 3 is 2.68 bits per heavy atom. The van der Waals surface area contributed by atoms with Gasteiger partial charge in [0.15, 0.2) is 0 Å². The van der Waals surface area contributed by atoms with Gasteiger partial charge in [-0.3, -0.25) is 4.79 Å². The Kier molecular flexibility index (Phi) is 4.59. The molecule has 4 rings (SSSR count). The number of hydrogen-bond acceptors (Lipinski definition) is 3. The first-order valence-electron chi connectivity index (χ1n) is 9.16. The summed E-state index contributed by atoms with van der Waals surface area (Å²) in [6.45, 7) is 4.23. The van der Waals surface area contributed by atoms with Crippen molar-refractivity contribution >= 4 is 11.6 Å². The van der Waals surface area contributed by atoms with Crippen LogP contribution in [0.15, 0.2) is 48.5 Å². The molecule has 0 spiro atoms. The first kappa shape index (κ1) is 16.0. The summed E-state index contributed by atoms with van der Waals surface area (Å²) in [7, 11) is 0. The summed E-state index contributed by atoms with van der Waals surface area (Å²) in [6.07, 6.45) is 3.02. The zero-order valence-corrected chi connectivity index (χ0v) is 14.5. The van der Waals surface area contributed by atoms with Gasteiger partial charge in [-0.05, 0) is 55.2 Å². The molecular formula is C21H24N2O2. The molecule has 0 radical (unpaired) electrons. The highest BCUT2D eigenvalue weighted by Gasteiger charge is 2.22. The Hall–Kier alpha value is -2.49. The van der Waals surface area contributed by atoms with Gasteiger partial charge in [-0.25, -0.2) is 0 Å². The standard InChI is InChI=1S/C21H24N2O2/c24-21(18-9-10-20-17(16-18)6-4-15-25-20)23-12-5-11-22(13-14-23)19-7-2-1-3-8-19/h1-3,7-10,16H,4-6,11-15H2. The Morgan fingerprint density at radius 2 is 1.80 bits per heavy atom. The predicted octanol–water partition coefficient (Wildman–Crippen LogP) is 3.36. The van der Waals surface area contributed by atoms with Crippen molar-refractivity contribution in [2.24, 2.45) is 0 Å². The Bertz CT molecular complexity index is 745. The Morgan fingerprint density at radius 1 is 0.920 bits per heavy atom. The number of para-hydroxylation sites is 1. The lowest BCUT2D eigenvalue weighted by molar-refractivity contribution is 0.0767. The first-order chi connectivity index (χ1) is 12.3. The van der Waals surface area contributed by atoms with Crippen molar-refractivity contribution in [3.05, 3.63) is 59.7 Å². The largest absolute Gasteiger partial charge is 0.493 e. The van der Waals surface area contributed by atoms with Crippen molar-refractivity contribution in [3.8, 4) is 5.75 Å². The minimum atomic E-state index is 0.142. The van der Waals surface area contributed by atoms with Crippen LogP contribution in [0.2, 0.25) is 0 Å². The van der Waals surface area contributed by atoms with Crippen LogP contribution in [-0.2, 0) is 6.42 Å². The van der Waals surface area contributed by atoms with E-state index in [1.54, 1.807) is 0 Å². The fraction of sp³-hybridized carbons (Fsp3) is 0.381. The van der Waals surface area contributed by atoms with Crippen LogP contribution in [0.4, 0.5) is 5.69 Å². The minimum absolute atomic E-state index is 0.142. The van der Waals surface area contributed by atoms with E-state index in [9.17, 15) is 4.79 Å². The van der Waals surface area contributed by atoms with Gasteiger partial charge in [0.05, 0.1) is 6.61 Å². The number of ether oxygens (including phenoxy) is 1. The van der Waals surface area contributed by atoms with E-state index >= 15 is 0 Å². The van der Waals surface area contributed by atoms with E-state index in [1.807, 2.05) is 29.2 Å². The number of nitrogens with zero attached hydrogens (tertiary/aromatic N) is 2. The summed E-state index contributed by atoms with van der Waals surface area (Å²) in [6, 6.07) is 16.3. The molecule has 4 nitrogen and oxygen atoms in total. The fourth-order valence-corrected chi connectivity index (χ4v) is 3.69. The van der Waals surface area contributed by atoms with E-state index in [2.05, 4.69) is 29.2 Å². The lowest BCUT2D eigenvalue weighted by Crippen LogP contribution is -2.35. The maximum absolute atomic E-state index is 12.9. The molecule has 2 aromatic rings. The molecule has 2 aliphatic rings. The molecule has 1 fully saturated rings. The number of carbonyl (C=O) groups excluding carboxylic acids is 1. The molecule has 2 aliphatic heterocycles. The number of hydrogen-bond donors (Lipinski definition) is 0. The van der Waals surface area contributed by atoms with E-state index in [1.165, 1.54) is 5.69 Å². The first-order valence-corrected chi connectivity index (χ1v) is 9.16. The van der Waals surface area contributed by atoms with Gasteiger partial charge >= 0.3 is 0 Å². The van der Waals surface area contributed by atoms with E-state index in [0.717, 1.165) is 68.9 Å². The Labute approximate surface area is 149 Å². The van der Waals surface area contributed by atoms with Crippen LogP contribution < -0.4 is 9.64 Å². The van der Waals surface area contributed by atoms with Crippen LogP contribution in [0.25, 0.3) is 0 Å². The number of fused-ring (bicyclic) bond motifs is 1. The summed E-state index contributed by atoms with van der Waals surface area (Å²) in [5, 5.41) is 0. The normalized spacial score (nSPS) is 17.4. The van der Waals surface area contributed by atoms with Gasteiger partial charge in [0.2, 0.25) is 0 Å². The van der Waals surface area contributed by atoms with Crippen molar-refractivity contribution in [3.63, 3.8) is 0 Å². The van der Waals surface area contributed by atoms with Crippen molar-refractivity contribution in [2.75, 3.05) is 37.7 Å². The fourth-order valence-electron chi connectivity index (χ4n) is 3.69. The average molecular weight is 336 g/mol. The summed E-state index contributed by atoms with van der Waals surface area (Å²) in [5.74, 6) is 1.08. The molecule has 4 heteroatoms. The van der Waals surface area contributed by atoms with Crippen LogP contribution in [-0.4, -0.2) is 43.6 Å². The third-order valence-corrected chi connectivity index (χ3v) is 5.06. The Balaban J connectivity index is 1.46. The smallest absolute Gasteiger partial charge is 0.253 e. The van der Waals surface area contributed by atoms with Crippen LogP contribution in [0, 0.1) is 0 Å². The molecule has 0 atom stereocenters. The predicted molar refractivity (Wildman–Crippen MR) is 99.4 cm³/mol. The number of amides is 1. The van der Waals surface area contributed by atoms with Crippen molar-refractivity contribution in [1.82, 2.24) is 4.90 Å². The monoisotopic (exact) mass is 336 g/mol.